The number of rotatable bonds is 4. The Hall–Kier alpha value is -2.33. The van der Waals surface area contributed by atoms with Gasteiger partial charge in [-0.1, -0.05) is 48.5 Å². The highest BCUT2D eigenvalue weighted by Crippen LogP contribution is 2.24. The first kappa shape index (κ1) is 14.1. The smallest absolute Gasteiger partial charge is 0.314 e. The summed E-state index contributed by atoms with van der Waals surface area (Å²) >= 11 is 0. The Labute approximate surface area is 118 Å². The predicted molar refractivity (Wildman–Crippen MR) is 79.1 cm³/mol. The van der Waals surface area contributed by atoms with Crippen LogP contribution in [-0.4, -0.2) is 18.2 Å². The SMILES string of the molecule is CNC(=O)NCc1ccccc1-c1ccc(CO)cc1. The molecule has 0 fully saturated rings. The van der Waals surface area contributed by atoms with Crippen molar-refractivity contribution in [3.63, 3.8) is 0 Å². The van der Waals surface area contributed by atoms with Gasteiger partial charge in [-0.25, -0.2) is 4.79 Å². The Kier molecular flexibility index (Phi) is 4.74. The van der Waals surface area contributed by atoms with Gasteiger partial charge in [-0.05, 0) is 22.3 Å². The third kappa shape index (κ3) is 3.36. The highest BCUT2D eigenvalue weighted by atomic mass is 16.3. The zero-order valence-electron chi connectivity index (χ0n) is 11.4. The van der Waals surface area contributed by atoms with E-state index in [2.05, 4.69) is 10.6 Å². The van der Waals surface area contributed by atoms with E-state index in [0.717, 1.165) is 22.3 Å². The molecule has 3 N–H and O–H groups in total. The summed E-state index contributed by atoms with van der Waals surface area (Å²) in [6.07, 6.45) is 0. The summed E-state index contributed by atoms with van der Waals surface area (Å²) in [7, 11) is 1.59. The quantitative estimate of drug-likeness (QED) is 0.798. The van der Waals surface area contributed by atoms with Crippen LogP contribution in [0.2, 0.25) is 0 Å². The average Bonchev–Trinajstić information content (AvgIpc) is 2.53. The average molecular weight is 270 g/mol. The van der Waals surface area contributed by atoms with Gasteiger partial charge in [0.05, 0.1) is 6.61 Å². The molecule has 0 aliphatic carbocycles. The van der Waals surface area contributed by atoms with Crippen LogP contribution in [0.15, 0.2) is 48.5 Å². The molecule has 0 heterocycles. The van der Waals surface area contributed by atoms with Gasteiger partial charge in [0.1, 0.15) is 0 Å². The molecule has 0 saturated carbocycles. The Bertz CT molecular complexity index is 579. The number of carbonyl (C=O) groups excluding carboxylic acids is 1. The summed E-state index contributed by atoms with van der Waals surface area (Å²) in [4.78, 5) is 11.3. The third-order valence-electron chi connectivity index (χ3n) is 3.13. The second-order valence-electron chi connectivity index (χ2n) is 4.44. The van der Waals surface area contributed by atoms with Crippen molar-refractivity contribution in [1.29, 1.82) is 0 Å². The first-order valence-corrected chi connectivity index (χ1v) is 6.48. The largest absolute Gasteiger partial charge is 0.392 e. The van der Waals surface area contributed by atoms with Crippen LogP contribution in [0.5, 0.6) is 0 Å². The van der Waals surface area contributed by atoms with Crippen LogP contribution in [0, 0.1) is 0 Å². The topological polar surface area (TPSA) is 61.4 Å². The fourth-order valence-electron chi connectivity index (χ4n) is 2.01. The van der Waals surface area contributed by atoms with Crippen LogP contribution < -0.4 is 10.6 Å². The lowest BCUT2D eigenvalue weighted by Gasteiger charge is -2.11. The van der Waals surface area contributed by atoms with E-state index in [1.807, 2.05) is 48.5 Å². The zero-order chi connectivity index (χ0) is 14.4. The van der Waals surface area contributed by atoms with Crippen molar-refractivity contribution >= 4 is 6.03 Å². The van der Waals surface area contributed by atoms with Crippen LogP contribution in [0.3, 0.4) is 0 Å². The van der Waals surface area contributed by atoms with Crippen LogP contribution in [0.1, 0.15) is 11.1 Å². The molecular formula is C16H18N2O2. The van der Waals surface area contributed by atoms with Gasteiger partial charge in [-0.2, -0.15) is 0 Å². The van der Waals surface area contributed by atoms with Crippen LogP contribution in [0.4, 0.5) is 4.79 Å². The molecular weight excluding hydrogens is 252 g/mol. The molecule has 0 unspecified atom stereocenters. The van der Waals surface area contributed by atoms with E-state index in [0.29, 0.717) is 6.54 Å². The van der Waals surface area contributed by atoms with Gasteiger partial charge in [0.25, 0.3) is 0 Å². The molecule has 0 aliphatic rings. The van der Waals surface area contributed by atoms with E-state index in [9.17, 15) is 4.79 Å². The maximum Gasteiger partial charge on any atom is 0.314 e. The van der Waals surface area contributed by atoms with Gasteiger partial charge in [0.15, 0.2) is 0 Å². The molecule has 0 aromatic heterocycles. The summed E-state index contributed by atoms with van der Waals surface area (Å²) < 4.78 is 0. The Morgan fingerprint density at radius 3 is 2.45 bits per heavy atom. The van der Waals surface area contributed by atoms with E-state index in [4.69, 9.17) is 5.11 Å². The second kappa shape index (κ2) is 6.73. The number of aliphatic hydroxyl groups is 1. The minimum absolute atomic E-state index is 0.0418. The Balaban J connectivity index is 2.24. The molecule has 20 heavy (non-hydrogen) atoms. The molecule has 4 nitrogen and oxygen atoms in total. The third-order valence-corrected chi connectivity index (χ3v) is 3.13. The standard InChI is InChI=1S/C16H18N2O2/c1-17-16(20)18-10-14-4-2-3-5-15(14)13-8-6-12(11-19)7-9-13/h2-9,19H,10-11H2,1H3,(H2,17,18,20). The number of nitrogens with one attached hydrogen (secondary N) is 2. The van der Waals surface area contributed by atoms with Crippen molar-refractivity contribution in [1.82, 2.24) is 10.6 Å². The summed E-state index contributed by atoms with van der Waals surface area (Å²) in [6.45, 7) is 0.512. The van der Waals surface area contributed by atoms with E-state index in [-0.39, 0.29) is 12.6 Å². The molecule has 2 amide bonds. The van der Waals surface area contributed by atoms with Crippen molar-refractivity contribution in [3.8, 4) is 11.1 Å². The monoisotopic (exact) mass is 270 g/mol. The number of carbonyl (C=O) groups is 1. The van der Waals surface area contributed by atoms with Gasteiger partial charge in [-0.15, -0.1) is 0 Å². The van der Waals surface area contributed by atoms with E-state index in [1.165, 1.54) is 0 Å². The molecule has 0 aliphatic heterocycles. The normalized spacial score (nSPS) is 10.1. The lowest BCUT2D eigenvalue weighted by Crippen LogP contribution is -2.32. The van der Waals surface area contributed by atoms with Gasteiger partial charge in [0.2, 0.25) is 0 Å². The molecule has 2 rings (SSSR count). The molecule has 0 atom stereocenters. The van der Waals surface area contributed by atoms with Crippen molar-refractivity contribution in [2.24, 2.45) is 0 Å². The van der Waals surface area contributed by atoms with Crippen LogP contribution in [0.25, 0.3) is 11.1 Å². The summed E-state index contributed by atoms with van der Waals surface area (Å²) in [5.41, 5.74) is 4.08. The highest BCUT2D eigenvalue weighted by Gasteiger charge is 2.05. The maximum absolute atomic E-state index is 11.3. The van der Waals surface area contributed by atoms with Crippen molar-refractivity contribution < 1.29 is 9.90 Å². The lowest BCUT2D eigenvalue weighted by molar-refractivity contribution is 0.242. The summed E-state index contributed by atoms with van der Waals surface area (Å²) in [6, 6.07) is 15.5. The molecule has 0 bridgehead atoms. The molecule has 2 aromatic rings. The van der Waals surface area contributed by atoms with Crippen LogP contribution >= 0.6 is 0 Å². The van der Waals surface area contributed by atoms with Gasteiger partial charge in [-0.3, -0.25) is 0 Å². The fourth-order valence-corrected chi connectivity index (χ4v) is 2.01. The predicted octanol–water partition coefficient (Wildman–Crippen LogP) is 2.27. The van der Waals surface area contributed by atoms with Gasteiger partial charge in [0, 0.05) is 13.6 Å². The van der Waals surface area contributed by atoms with Gasteiger partial charge >= 0.3 is 6.03 Å². The number of hydrogen-bond acceptors (Lipinski definition) is 2. The molecule has 0 saturated heterocycles. The zero-order valence-corrected chi connectivity index (χ0v) is 11.4. The van der Waals surface area contributed by atoms with Crippen LogP contribution in [-0.2, 0) is 13.2 Å². The number of aliphatic hydroxyl groups excluding tert-OH is 1. The highest BCUT2D eigenvalue weighted by molar-refractivity contribution is 5.74. The van der Waals surface area contributed by atoms with E-state index < -0.39 is 0 Å². The number of amides is 2. The first-order valence-electron chi connectivity index (χ1n) is 6.48. The second-order valence-corrected chi connectivity index (χ2v) is 4.44. The van der Waals surface area contributed by atoms with Crippen molar-refractivity contribution in [3.05, 3.63) is 59.7 Å². The minimum atomic E-state index is -0.199. The minimum Gasteiger partial charge on any atom is -0.392 e. The first-order chi connectivity index (χ1) is 9.74. The van der Waals surface area contributed by atoms with Crippen molar-refractivity contribution in [2.45, 2.75) is 13.2 Å². The van der Waals surface area contributed by atoms with Gasteiger partial charge < -0.3 is 15.7 Å². The number of hydrogen-bond donors (Lipinski definition) is 3. The molecule has 0 radical (unpaired) electrons. The number of benzene rings is 2. The maximum atomic E-state index is 11.3. The Morgan fingerprint density at radius 1 is 1.10 bits per heavy atom. The lowest BCUT2D eigenvalue weighted by atomic mass is 9.99. The molecule has 4 heteroatoms. The Morgan fingerprint density at radius 2 is 1.80 bits per heavy atom. The summed E-state index contributed by atoms with van der Waals surface area (Å²) in [5.74, 6) is 0. The molecule has 104 valence electrons. The van der Waals surface area contributed by atoms with E-state index >= 15 is 0 Å². The molecule has 2 aromatic carbocycles. The van der Waals surface area contributed by atoms with Crippen molar-refractivity contribution in [2.75, 3.05) is 7.05 Å². The van der Waals surface area contributed by atoms with E-state index in [1.54, 1.807) is 7.05 Å². The summed E-state index contributed by atoms with van der Waals surface area (Å²) in [5, 5.41) is 14.4. The fraction of sp³-hybridized carbons (Fsp3) is 0.188. The molecule has 0 spiro atoms. The number of urea groups is 1.